The van der Waals surface area contributed by atoms with Crippen molar-refractivity contribution >= 4 is 5.97 Å². The van der Waals surface area contributed by atoms with Gasteiger partial charge in [0.2, 0.25) is 0 Å². The lowest BCUT2D eigenvalue weighted by molar-refractivity contribution is -0.170. The first kappa shape index (κ1) is 17.8. The van der Waals surface area contributed by atoms with Crippen LogP contribution in [0.15, 0.2) is 18.2 Å². The van der Waals surface area contributed by atoms with Gasteiger partial charge in [0.1, 0.15) is 11.9 Å². The molecule has 4 rings (SSSR count). The van der Waals surface area contributed by atoms with Gasteiger partial charge in [0.05, 0.1) is 12.7 Å². The van der Waals surface area contributed by atoms with Crippen molar-refractivity contribution in [3.63, 3.8) is 0 Å². The summed E-state index contributed by atoms with van der Waals surface area (Å²) < 4.78 is 11.1. The molecular formula is C22H30O4. The van der Waals surface area contributed by atoms with Gasteiger partial charge in [0, 0.05) is 12.3 Å². The molecule has 0 spiro atoms. The molecule has 0 unspecified atom stereocenters. The molecule has 6 atom stereocenters. The summed E-state index contributed by atoms with van der Waals surface area (Å²) in [6, 6.07) is 6.50. The monoisotopic (exact) mass is 358 g/mol. The Morgan fingerprint density at radius 1 is 1.27 bits per heavy atom. The number of rotatable bonds is 2. The fourth-order valence-electron chi connectivity index (χ4n) is 6.43. The molecule has 1 N–H and O–H groups in total. The van der Waals surface area contributed by atoms with Gasteiger partial charge in [0.15, 0.2) is 0 Å². The van der Waals surface area contributed by atoms with E-state index in [9.17, 15) is 9.90 Å². The molecule has 0 aromatic heterocycles. The molecule has 2 fully saturated rings. The van der Waals surface area contributed by atoms with Crippen LogP contribution < -0.4 is 4.74 Å². The lowest BCUT2D eigenvalue weighted by Gasteiger charge is -2.50. The summed E-state index contributed by atoms with van der Waals surface area (Å²) in [6.07, 6.45) is 4.57. The van der Waals surface area contributed by atoms with E-state index in [1.807, 2.05) is 6.92 Å². The van der Waals surface area contributed by atoms with E-state index in [0.717, 1.165) is 31.4 Å². The molecule has 1 aromatic carbocycles. The summed E-state index contributed by atoms with van der Waals surface area (Å²) in [7, 11) is 1.72. The van der Waals surface area contributed by atoms with Gasteiger partial charge in [-0.25, -0.2) is 0 Å². The number of esters is 1. The van der Waals surface area contributed by atoms with Gasteiger partial charge in [-0.05, 0) is 80.0 Å². The summed E-state index contributed by atoms with van der Waals surface area (Å²) in [5.41, 5.74) is 1.79. The van der Waals surface area contributed by atoms with Crippen LogP contribution in [0.3, 0.4) is 0 Å². The highest BCUT2D eigenvalue weighted by atomic mass is 16.6. The van der Waals surface area contributed by atoms with E-state index in [-0.39, 0.29) is 11.4 Å². The quantitative estimate of drug-likeness (QED) is 0.816. The molecule has 0 aliphatic heterocycles. The van der Waals surface area contributed by atoms with Crippen LogP contribution in [0.2, 0.25) is 0 Å². The minimum Gasteiger partial charge on any atom is -0.497 e. The Balaban J connectivity index is 1.67. The maximum atomic E-state index is 11.7. The molecule has 142 valence electrons. The fourth-order valence-corrected chi connectivity index (χ4v) is 6.43. The Morgan fingerprint density at radius 3 is 2.73 bits per heavy atom. The molecule has 0 heterocycles. The van der Waals surface area contributed by atoms with Crippen LogP contribution in [0.5, 0.6) is 5.75 Å². The van der Waals surface area contributed by atoms with Crippen LogP contribution in [0, 0.1) is 17.3 Å². The van der Waals surface area contributed by atoms with Crippen LogP contribution in [0.1, 0.15) is 63.5 Å². The number of aliphatic hydroxyl groups is 1. The number of methoxy groups -OCH3 is 1. The van der Waals surface area contributed by atoms with Gasteiger partial charge in [0.25, 0.3) is 0 Å². The number of aryl methyl sites for hydroxylation is 1. The maximum Gasteiger partial charge on any atom is 0.303 e. The Kier molecular flexibility index (Phi) is 4.11. The predicted octanol–water partition coefficient (Wildman–Crippen LogP) is 3.84. The lowest BCUT2D eigenvalue weighted by atomic mass is 9.55. The van der Waals surface area contributed by atoms with E-state index < -0.39 is 11.7 Å². The first-order valence-corrected chi connectivity index (χ1v) is 9.82. The van der Waals surface area contributed by atoms with Crippen molar-refractivity contribution < 1.29 is 19.4 Å². The number of carbonyl (C=O) groups is 1. The van der Waals surface area contributed by atoms with Crippen molar-refractivity contribution in [2.24, 2.45) is 17.3 Å². The van der Waals surface area contributed by atoms with E-state index in [1.165, 1.54) is 18.1 Å². The van der Waals surface area contributed by atoms with Gasteiger partial charge in [-0.2, -0.15) is 0 Å². The molecule has 0 saturated heterocycles. The number of fused-ring (bicyclic) bond motifs is 5. The first-order valence-electron chi connectivity index (χ1n) is 9.82. The third kappa shape index (κ3) is 2.57. The van der Waals surface area contributed by atoms with Gasteiger partial charge >= 0.3 is 5.97 Å². The highest BCUT2D eigenvalue weighted by Crippen LogP contribution is 2.63. The zero-order chi connectivity index (χ0) is 18.7. The molecule has 0 radical (unpaired) electrons. The minimum absolute atomic E-state index is 0.139. The van der Waals surface area contributed by atoms with Crippen LogP contribution >= 0.6 is 0 Å². The highest BCUT2D eigenvalue weighted by molar-refractivity contribution is 5.66. The normalized spacial score (nSPS) is 41.0. The third-order valence-corrected chi connectivity index (χ3v) is 7.45. The summed E-state index contributed by atoms with van der Waals surface area (Å²) in [4.78, 5) is 11.7. The van der Waals surface area contributed by atoms with Crippen molar-refractivity contribution in [2.75, 3.05) is 7.11 Å². The van der Waals surface area contributed by atoms with Gasteiger partial charge < -0.3 is 14.6 Å². The number of ether oxygens (including phenoxy) is 2. The van der Waals surface area contributed by atoms with Crippen LogP contribution in [0.25, 0.3) is 0 Å². The van der Waals surface area contributed by atoms with Crippen LogP contribution in [-0.2, 0) is 16.0 Å². The number of carbonyl (C=O) groups excluding carboxylic acids is 1. The zero-order valence-corrected chi connectivity index (χ0v) is 16.2. The minimum atomic E-state index is -0.944. The van der Waals surface area contributed by atoms with Crippen LogP contribution in [-0.4, -0.2) is 29.9 Å². The van der Waals surface area contributed by atoms with E-state index >= 15 is 0 Å². The number of hydrogen-bond donors (Lipinski definition) is 1. The standard InChI is InChI=1S/C22H30O4/c1-13(23)26-20-21(2)10-9-17-16-8-6-15(25-4)11-14(16)5-7-18(17)19(21)12-22(20,3)24/h6,8,11,17-20,24H,5,7,9-10,12H2,1-4H3/t17-,18+,19+,20-,21+,22-/m1/s1. The van der Waals surface area contributed by atoms with Crippen molar-refractivity contribution in [1.82, 2.24) is 0 Å². The third-order valence-electron chi connectivity index (χ3n) is 7.45. The SMILES string of the molecule is COc1ccc2c(c1)CC[C@H]1[C@@H]2CC[C@]2(C)[C@@H](OC(C)=O)[C@](C)(O)C[C@@H]12. The lowest BCUT2D eigenvalue weighted by Crippen LogP contribution is -2.48. The Hall–Kier alpha value is -1.55. The van der Waals surface area contributed by atoms with Crippen molar-refractivity contribution in [2.45, 2.75) is 70.5 Å². The van der Waals surface area contributed by atoms with Crippen molar-refractivity contribution in [3.05, 3.63) is 29.3 Å². The van der Waals surface area contributed by atoms with Crippen molar-refractivity contribution in [1.29, 1.82) is 0 Å². The second kappa shape index (κ2) is 5.98. The predicted molar refractivity (Wildman–Crippen MR) is 99.2 cm³/mol. The first-order chi connectivity index (χ1) is 12.3. The Morgan fingerprint density at radius 2 is 2.04 bits per heavy atom. The second-order valence-corrected chi connectivity index (χ2v) is 9.08. The molecule has 0 amide bonds. The zero-order valence-electron chi connectivity index (χ0n) is 16.2. The summed E-state index contributed by atoms with van der Waals surface area (Å²) in [5.74, 6) is 2.11. The Bertz CT molecular complexity index is 725. The van der Waals surface area contributed by atoms with Gasteiger partial charge in [-0.1, -0.05) is 13.0 Å². The smallest absolute Gasteiger partial charge is 0.303 e. The maximum absolute atomic E-state index is 11.7. The Labute approximate surface area is 155 Å². The molecule has 26 heavy (non-hydrogen) atoms. The molecule has 1 aromatic rings. The molecule has 3 aliphatic rings. The van der Waals surface area contributed by atoms with E-state index in [2.05, 4.69) is 25.1 Å². The molecule has 2 saturated carbocycles. The largest absolute Gasteiger partial charge is 0.497 e. The highest BCUT2D eigenvalue weighted by Gasteiger charge is 2.63. The summed E-state index contributed by atoms with van der Waals surface area (Å²) in [5, 5.41) is 11.1. The molecule has 4 nitrogen and oxygen atoms in total. The summed E-state index contributed by atoms with van der Waals surface area (Å²) >= 11 is 0. The van der Waals surface area contributed by atoms with Crippen molar-refractivity contribution in [3.8, 4) is 5.75 Å². The fraction of sp³-hybridized carbons (Fsp3) is 0.682. The topological polar surface area (TPSA) is 55.8 Å². The molecule has 3 aliphatic carbocycles. The van der Waals surface area contributed by atoms with E-state index in [4.69, 9.17) is 9.47 Å². The second-order valence-electron chi connectivity index (χ2n) is 9.08. The van der Waals surface area contributed by atoms with Gasteiger partial charge in [-0.15, -0.1) is 0 Å². The van der Waals surface area contributed by atoms with Gasteiger partial charge in [-0.3, -0.25) is 4.79 Å². The molecule has 0 bridgehead atoms. The molecular weight excluding hydrogens is 328 g/mol. The average molecular weight is 358 g/mol. The summed E-state index contributed by atoms with van der Waals surface area (Å²) in [6.45, 7) is 5.52. The van der Waals surface area contributed by atoms with E-state index in [1.54, 1.807) is 7.11 Å². The number of hydrogen-bond acceptors (Lipinski definition) is 4. The average Bonchev–Trinajstić information content (AvgIpc) is 2.80. The number of benzene rings is 1. The molecule has 4 heteroatoms. The van der Waals surface area contributed by atoms with E-state index in [0.29, 0.717) is 24.2 Å². The van der Waals surface area contributed by atoms with Crippen LogP contribution in [0.4, 0.5) is 0 Å².